The summed E-state index contributed by atoms with van der Waals surface area (Å²) < 4.78 is 79.5. The van der Waals surface area contributed by atoms with E-state index in [0.29, 0.717) is 85.5 Å². The molecule has 20 heteroatoms. The monoisotopic (exact) mass is 786 g/mol. The molecule has 0 fully saturated rings. The second kappa shape index (κ2) is 14.1. The Morgan fingerprint density at radius 3 is 1.46 bits per heavy atom. The lowest BCUT2D eigenvalue weighted by Gasteiger charge is -2.25. The van der Waals surface area contributed by atoms with Gasteiger partial charge in [-0.3, -0.25) is 9.59 Å². The fourth-order valence-corrected chi connectivity index (χ4v) is 9.03. The van der Waals surface area contributed by atoms with Crippen LogP contribution in [0.15, 0.2) is 36.4 Å². The maximum atomic E-state index is 13.7. The van der Waals surface area contributed by atoms with Gasteiger partial charge in [-0.1, -0.05) is 0 Å². The van der Waals surface area contributed by atoms with Crippen LogP contribution in [0.2, 0.25) is 0 Å². The van der Waals surface area contributed by atoms with Crippen molar-refractivity contribution in [2.24, 2.45) is 0 Å². The molecule has 0 saturated carbocycles. The molecule has 2 aromatic carbocycles. The predicted octanol–water partition coefficient (Wildman–Crippen LogP) is 2.32. The number of nitrogens with one attached hydrogen (secondary N) is 2. The standard InChI is InChI=1S/2C17H20FN5O3S/c2*1-27(25,26)22-7-5-12-15(9-22)21-23(16(12)19)17(24)11-4-6-20-14-3-2-10(18)8-13(11)14/h2*2-3,8,11,20H,4-7,9,19H2,1H3/t2*11-/m10/s1. The summed E-state index contributed by atoms with van der Waals surface area (Å²) in [5.41, 5.74) is 17.3. The van der Waals surface area contributed by atoms with E-state index in [1.54, 1.807) is 12.1 Å². The van der Waals surface area contributed by atoms with Crippen LogP contribution < -0.4 is 22.1 Å². The Labute approximate surface area is 310 Å². The van der Waals surface area contributed by atoms with Gasteiger partial charge >= 0.3 is 0 Å². The number of carbonyl (C=O) groups excluding carboxylic acids is 2. The van der Waals surface area contributed by atoms with E-state index in [-0.39, 0.29) is 36.5 Å². The minimum atomic E-state index is -3.35. The molecule has 0 aliphatic carbocycles. The van der Waals surface area contributed by atoms with Gasteiger partial charge in [0.15, 0.2) is 0 Å². The minimum absolute atomic E-state index is 0.0933. The van der Waals surface area contributed by atoms with E-state index in [2.05, 4.69) is 20.8 Å². The van der Waals surface area contributed by atoms with E-state index in [0.717, 1.165) is 33.2 Å². The van der Waals surface area contributed by atoms with Crippen molar-refractivity contribution < 1.29 is 35.2 Å². The second-order valence-corrected chi connectivity index (χ2v) is 17.8. The van der Waals surface area contributed by atoms with Crippen LogP contribution in [0.25, 0.3) is 0 Å². The number of benzene rings is 2. The molecule has 16 nitrogen and oxygen atoms in total. The van der Waals surface area contributed by atoms with E-state index in [1.807, 2.05) is 0 Å². The Morgan fingerprint density at radius 2 is 1.09 bits per heavy atom. The van der Waals surface area contributed by atoms with Crippen LogP contribution in [0.1, 0.15) is 67.9 Å². The van der Waals surface area contributed by atoms with Gasteiger partial charge < -0.3 is 22.1 Å². The van der Waals surface area contributed by atoms with Gasteiger partial charge in [-0.25, -0.2) is 25.6 Å². The summed E-state index contributed by atoms with van der Waals surface area (Å²) in [6.45, 7) is 1.95. The maximum absolute atomic E-state index is 13.7. The first-order chi connectivity index (χ1) is 25.5. The number of anilines is 4. The van der Waals surface area contributed by atoms with Crippen molar-refractivity contribution in [2.75, 3.05) is 60.8 Å². The van der Waals surface area contributed by atoms with Gasteiger partial charge in [0, 0.05) is 48.7 Å². The molecule has 4 aliphatic heterocycles. The van der Waals surface area contributed by atoms with Crippen molar-refractivity contribution in [3.05, 3.63) is 81.7 Å². The molecule has 2 atom stereocenters. The molecule has 288 valence electrons. The Hall–Kier alpha value is -4.92. The summed E-state index contributed by atoms with van der Waals surface area (Å²) >= 11 is 0. The number of nitrogens with zero attached hydrogens (tertiary/aromatic N) is 6. The molecule has 0 amide bonds. The number of hydrogen-bond acceptors (Lipinski definition) is 12. The lowest BCUT2D eigenvalue weighted by atomic mass is 9.90. The van der Waals surface area contributed by atoms with E-state index in [9.17, 15) is 35.2 Å². The molecular weight excluding hydrogens is 747 g/mol. The Balaban J connectivity index is 0.000000167. The topological polar surface area (TPSA) is 221 Å². The first-order valence-electron chi connectivity index (χ1n) is 17.3. The highest BCUT2D eigenvalue weighted by atomic mass is 32.2. The molecule has 54 heavy (non-hydrogen) atoms. The van der Waals surface area contributed by atoms with Gasteiger partial charge in [0.2, 0.25) is 20.0 Å². The Bertz CT molecular complexity index is 2230. The zero-order chi connectivity index (χ0) is 38.7. The van der Waals surface area contributed by atoms with Gasteiger partial charge in [0.1, 0.15) is 23.3 Å². The molecule has 2 aromatic heterocycles. The Kier molecular flexibility index (Phi) is 9.73. The molecule has 0 saturated heterocycles. The van der Waals surface area contributed by atoms with Crippen molar-refractivity contribution in [3.63, 3.8) is 0 Å². The third-order valence-electron chi connectivity index (χ3n) is 10.3. The number of halogens is 2. The zero-order valence-corrected chi connectivity index (χ0v) is 31.2. The van der Waals surface area contributed by atoms with Gasteiger partial charge in [-0.15, -0.1) is 0 Å². The van der Waals surface area contributed by atoms with Crippen LogP contribution in [-0.2, 0) is 46.0 Å². The molecule has 0 unspecified atom stereocenters. The van der Waals surface area contributed by atoms with E-state index in [4.69, 9.17) is 11.5 Å². The van der Waals surface area contributed by atoms with E-state index < -0.39 is 43.5 Å². The summed E-state index contributed by atoms with van der Waals surface area (Å²) in [6, 6.07) is 8.64. The fourth-order valence-electron chi connectivity index (χ4n) is 7.47. The van der Waals surface area contributed by atoms with Crippen molar-refractivity contribution in [3.8, 4) is 0 Å². The van der Waals surface area contributed by atoms with Gasteiger partial charge in [0.25, 0.3) is 11.8 Å². The molecule has 0 bridgehead atoms. The van der Waals surface area contributed by atoms with Gasteiger partial charge in [0.05, 0.1) is 48.8 Å². The third-order valence-corrected chi connectivity index (χ3v) is 12.8. The highest BCUT2D eigenvalue weighted by Gasteiger charge is 2.35. The summed E-state index contributed by atoms with van der Waals surface area (Å²) in [7, 11) is -6.70. The predicted molar refractivity (Wildman–Crippen MR) is 197 cm³/mol. The summed E-state index contributed by atoms with van der Waals surface area (Å²) in [5.74, 6) is -2.14. The number of carbonyl (C=O) groups is 2. The largest absolute Gasteiger partial charge is 0.385 e. The molecular formula is C34H40F2N10O6S2. The highest BCUT2D eigenvalue weighted by Crippen LogP contribution is 2.36. The normalized spacial score (nSPS) is 19.9. The smallest absolute Gasteiger partial charge is 0.256 e. The molecule has 4 aromatic rings. The van der Waals surface area contributed by atoms with Crippen molar-refractivity contribution in [2.45, 2.75) is 50.6 Å². The SMILES string of the molecule is CS(=O)(=O)N1CCc2c(nn(C(=O)[C@@H]3CCNc4ccc(F)cc43)c2N)C1.CS(=O)(=O)N1CCc2c(nn(C(=O)[C@H]3CCNc4ccc(F)cc43)c2N)C1. The quantitative estimate of drug-likeness (QED) is 0.234. The van der Waals surface area contributed by atoms with Crippen molar-refractivity contribution in [1.29, 1.82) is 0 Å². The third kappa shape index (κ3) is 7.05. The van der Waals surface area contributed by atoms with Crippen molar-refractivity contribution >= 4 is 54.9 Å². The van der Waals surface area contributed by atoms with Crippen LogP contribution >= 0.6 is 0 Å². The van der Waals surface area contributed by atoms with Crippen LogP contribution in [0.4, 0.5) is 31.8 Å². The number of fused-ring (bicyclic) bond motifs is 4. The number of nitrogens with two attached hydrogens (primary N) is 2. The molecule has 6 N–H and O–H groups in total. The lowest BCUT2D eigenvalue weighted by molar-refractivity contribution is 0.0851. The first-order valence-corrected chi connectivity index (χ1v) is 21.0. The minimum Gasteiger partial charge on any atom is -0.385 e. The number of rotatable bonds is 4. The highest BCUT2D eigenvalue weighted by molar-refractivity contribution is 7.88. The lowest BCUT2D eigenvalue weighted by Crippen LogP contribution is -2.35. The zero-order valence-electron chi connectivity index (χ0n) is 29.5. The fraction of sp³-hybridized carbons (Fsp3) is 0.412. The number of nitrogen functional groups attached to an aromatic ring is 2. The molecule has 6 heterocycles. The van der Waals surface area contributed by atoms with Gasteiger partial charge in [-0.05, 0) is 73.2 Å². The van der Waals surface area contributed by atoms with Crippen LogP contribution in [0.5, 0.6) is 0 Å². The van der Waals surface area contributed by atoms with Crippen LogP contribution in [0, 0.1) is 11.6 Å². The summed E-state index contributed by atoms with van der Waals surface area (Å²) in [6.07, 6.45) is 4.08. The maximum Gasteiger partial charge on any atom is 0.256 e. The van der Waals surface area contributed by atoms with Crippen LogP contribution in [0.3, 0.4) is 0 Å². The molecule has 0 spiro atoms. The number of hydrogen-bond donors (Lipinski definition) is 4. The average Bonchev–Trinajstić information content (AvgIpc) is 3.65. The summed E-state index contributed by atoms with van der Waals surface area (Å²) in [5, 5.41) is 14.9. The van der Waals surface area contributed by atoms with E-state index >= 15 is 0 Å². The van der Waals surface area contributed by atoms with Crippen LogP contribution in [-0.4, -0.2) is 95.5 Å². The number of aromatic nitrogens is 4. The molecule has 4 aliphatic rings. The first kappa shape index (κ1) is 37.4. The number of sulfonamides is 2. The van der Waals surface area contributed by atoms with E-state index in [1.165, 1.54) is 32.9 Å². The Morgan fingerprint density at radius 1 is 0.704 bits per heavy atom. The second-order valence-electron chi connectivity index (χ2n) is 13.8. The van der Waals surface area contributed by atoms with Gasteiger partial charge in [-0.2, -0.15) is 28.2 Å². The van der Waals surface area contributed by atoms with Crippen molar-refractivity contribution in [1.82, 2.24) is 28.2 Å². The molecule has 0 radical (unpaired) electrons. The average molecular weight is 787 g/mol. The molecule has 8 rings (SSSR count). The summed E-state index contributed by atoms with van der Waals surface area (Å²) in [4.78, 5) is 26.3.